The second kappa shape index (κ2) is 5.20. The van der Waals surface area contributed by atoms with E-state index in [2.05, 4.69) is 0 Å². The van der Waals surface area contributed by atoms with Crippen molar-refractivity contribution in [1.29, 1.82) is 0 Å². The SMILES string of the molecule is O=S(=O)(c1ccc(F)c(F)c1)N1CCc2ccccc2C1. The summed E-state index contributed by atoms with van der Waals surface area (Å²) < 4.78 is 52.5. The molecule has 110 valence electrons. The molecule has 1 aliphatic heterocycles. The number of halogens is 2. The van der Waals surface area contributed by atoms with Gasteiger partial charge >= 0.3 is 0 Å². The minimum Gasteiger partial charge on any atom is -0.207 e. The first kappa shape index (κ1) is 14.2. The van der Waals surface area contributed by atoms with Crippen molar-refractivity contribution in [2.75, 3.05) is 6.54 Å². The molecule has 0 N–H and O–H groups in total. The largest absolute Gasteiger partial charge is 0.243 e. The van der Waals surface area contributed by atoms with Gasteiger partial charge in [0, 0.05) is 13.1 Å². The van der Waals surface area contributed by atoms with Gasteiger partial charge in [-0.15, -0.1) is 0 Å². The summed E-state index contributed by atoms with van der Waals surface area (Å²) in [4.78, 5) is -0.221. The first-order valence-electron chi connectivity index (χ1n) is 6.50. The van der Waals surface area contributed by atoms with E-state index in [0.717, 1.165) is 29.3 Å². The van der Waals surface area contributed by atoms with Gasteiger partial charge in [0.15, 0.2) is 11.6 Å². The predicted molar refractivity (Wildman–Crippen MR) is 74.1 cm³/mol. The Morgan fingerprint density at radius 3 is 2.38 bits per heavy atom. The zero-order chi connectivity index (χ0) is 15.0. The molecule has 0 spiro atoms. The van der Waals surface area contributed by atoms with Crippen LogP contribution in [0.25, 0.3) is 0 Å². The molecular formula is C15H13F2NO2S. The van der Waals surface area contributed by atoms with Crippen LogP contribution in [-0.4, -0.2) is 19.3 Å². The summed E-state index contributed by atoms with van der Waals surface area (Å²) >= 11 is 0. The van der Waals surface area contributed by atoms with Crippen LogP contribution in [0.15, 0.2) is 47.4 Å². The van der Waals surface area contributed by atoms with Crippen molar-refractivity contribution in [2.45, 2.75) is 17.9 Å². The van der Waals surface area contributed by atoms with Crippen molar-refractivity contribution in [1.82, 2.24) is 4.31 Å². The van der Waals surface area contributed by atoms with Gasteiger partial charge in [-0.25, -0.2) is 17.2 Å². The summed E-state index contributed by atoms with van der Waals surface area (Å²) in [5, 5.41) is 0. The fourth-order valence-corrected chi connectivity index (χ4v) is 3.89. The van der Waals surface area contributed by atoms with E-state index in [1.54, 1.807) is 0 Å². The molecule has 0 unspecified atom stereocenters. The minimum absolute atomic E-state index is 0.221. The van der Waals surface area contributed by atoms with Crippen molar-refractivity contribution >= 4 is 10.0 Å². The van der Waals surface area contributed by atoms with Gasteiger partial charge < -0.3 is 0 Å². The first-order chi connectivity index (χ1) is 9.98. The summed E-state index contributed by atoms with van der Waals surface area (Å²) in [6, 6.07) is 10.3. The van der Waals surface area contributed by atoms with E-state index in [-0.39, 0.29) is 11.4 Å². The normalized spacial score (nSPS) is 15.7. The molecule has 0 amide bonds. The van der Waals surface area contributed by atoms with Gasteiger partial charge in [-0.2, -0.15) is 4.31 Å². The van der Waals surface area contributed by atoms with Gasteiger partial charge in [0.05, 0.1) is 4.90 Å². The van der Waals surface area contributed by atoms with Crippen LogP contribution in [0.2, 0.25) is 0 Å². The molecule has 1 heterocycles. The molecule has 0 radical (unpaired) electrons. The summed E-state index contributed by atoms with van der Waals surface area (Å²) in [5.41, 5.74) is 2.06. The Kier molecular flexibility index (Phi) is 3.51. The summed E-state index contributed by atoms with van der Waals surface area (Å²) in [5.74, 6) is -2.22. The molecule has 0 aromatic heterocycles. The van der Waals surface area contributed by atoms with Gasteiger partial charge in [-0.05, 0) is 35.7 Å². The van der Waals surface area contributed by atoms with Crippen LogP contribution in [0.5, 0.6) is 0 Å². The fraction of sp³-hybridized carbons (Fsp3) is 0.200. The molecule has 1 aliphatic rings. The molecule has 6 heteroatoms. The molecule has 0 saturated carbocycles. The number of nitrogens with zero attached hydrogens (tertiary/aromatic N) is 1. The third-order valence-electron chi connectivity index (χ3n) is 3.62. The van der Waals surface area contributed by atoms with Gasteiger partial charge in [0.25, 0.3) is 0 Å². The highest BCUT2D eigenvalue weighted by Gasteiger charge is 2.28. The molecule has 0 bridgehead atoms. The number of fused-ring (bicyclic) bond motifs is 1. The maximum absolute atomic E-state index is 13.3. The Balaban J connectivity index is 1.95. The van der Waals surface area contributed by atoms with Crippen LogP contribution in [0.1, 0.15) is 11.1 Å². The third kappa shape index (κ3) is 2.56. The number of hydrogen-bond donors (Lipinski definition) is 0. The number of benzene rings is 2. The first-order valence-corrected chi connectivity index (χ1v) is 7.94. The van der Waals surface area contributed by atoms with E-state index in [1.807, 2.05) is 24.3 Å². The average Bonchev–Trinajstić information content (AvgIpc) is 2.49. The van der Waals surface area contributed by atoms with Crippen molar-refractivity contribution in [3.8, 4) is 0 Å². The quantitative estimate of drug-likeness (QED) is 0.855. The monoisotopic (exact) mass is 309 g/mol. The number of sulfonamides is 1. The second-order valence-electron chi connectivity index (χ2n) is 4.93. The molecule has 0 aliphatic carbocycles. The van der Waals surface area contributed by atoms with E-state index in [1.165, 1.54) is 4.31 Å². The average molecular weight is 309 g/mol. The van der Waals surface area contributed by atoms with Gasteiger partial charge in [-0.3, -0.25) is 0 Å². The lowest BCUT2D eigenvalue weighted by atomic mass is 10.0. The van der Waals surface area contributed by atoms with Crippen LogP contribution >= 0.6 is 0 Å². The number of rotatable bonds is 2. The summed E-state index contributed by atoms with van der Waals surface area (Å²) in [7, 11) is -3.82. The van der Waals surface area contributed by atoms with Crippen LogP contribution in [0.4, 0.5) is 8.78 Å². The van der Waals surface area contributed by atoms with E-state index in [9.17, 15) is 17.2 Å². The lowest BCUT2D eigenvalue weighted by Gasteiger charge is -2.28. The topological polar surface area (TPSA) is 37.4 Å². The lowest BCUT2D eigenvalue weighted by molar-refractivity contribution is 0.390. The molecular weight excluding hydrogens is 296 g/mol. The van der Waals surface area contributed by atoms with E-state index in [0.29, 0.717) is 13.0 Å². The summed E-state index contributed by atoms with van der Waals surface area (Å²) in [6.07, 6.45) is 0.610. The molecule has 2 aromatic rings. The highest BCUT2D eigenvalue weighted by Crippen LogP contribution is 2.25. The van der Waals surface area contributed by atoms with Crippen LogP contribution in [0, 0.1) is 11.6 Å². The Hall–Kier alpha value is -1.79. The molecule has 21 heavy (non-hydrogen) atoms. The predicted octanol–water partition coefficient (Wildman–Crippen LogP) is 2.71. The fourth-order valence-electron chi connectivity index (χ4n) is 2.46. The van der Waals surface area contributed by atoms with E-state index >= 15 is 0 Å². The van der Waals surface area contributed by atoms with Crippen molar-refractivity contribution in [3.63, 3.8) is 0 Å². The zero-order valence-electron chi connectivity index (χ0n) is 11.1. The van der Waals surface area contributed by atoms with E-state index in [4.69, 9.17) is 0 Å². The Morgan fingerprint density at radius 2 is 1.67 bits per heavy atom. The third-order valence-corrected chi connectivity index (χ3v) is 5.47. The smallest absolute Gasteiger partial charge is 0.207 e. The molecule has 0 saturated heterocycles. The second-order valence-corrected chi connectivity index (χ2v) is 6.87. The zero-order valence-corrected chi connectivity index (χ0v) is 11.9. The molecule has 3 nitrogen and oxygen atoms in total. The molecule has 3 rings (SSSR count). The maximum atomic E-state index is 13.3. The van der Waals surface area contributed by atoms with Gasteiger partial charge in [0.1, 0.15) is 0 Å². The van der Waals surface area contributed by atoms with Crippen molar-refractivity contribution in [2.24, 2.45) is 0 Å². The van der Waals surface area contributed by atoms with Crippen molar-refractivity contribution in [3.05, 3.63) is 65.2 Å². The van der Waals surface area contributed by atoms with E-state index < -0.39 is 21.7 Å². The van der Waals surface area contributed by atoms with Crippen LogP contribution in [0.3, 0.4) is 0 Å². The van der Waals surface area contributed by atoms with Crippen LogP contribution in [-0.2, 0) is 23.0 Å². The van der Waals surface area contributed by atoms with Gasteiger partial charge in [0.2, 0.25) is 10.0 Å². The standard InChI is InChI=1S/C15H13F2NO2S/c16-14-6-5-13(9-15(14)17)21(19,20)18-8-7-11-3-1-2-4-12(11)10-18/h1-6,9H,7-8,10H2. The highest BCUT2D eigenvalue weighted by atomic mass is 32.2. The Labute approximate surface area is 121 Å². The molecule has 0 atom stereocenters. The lowest BCUT2D eigenvalue weighted by Crippen LogP contribution is -2.36. The highest BCUT2D eigenvalue weighted by molar-refractivity contribution is 7.89. The Bertz CT molecular complexity index is 790. The minimum atomic E-state index is -3.82. The molecule has 0 fully saturated rings. The van der Waals surface area contributed by atoms with Crippen molar-refractivity contribution < 1.29 is 17.2 Å². The Morgan fingerprint density at radius 1 is 0.952 bits per heavy atom. The number of hydrogen-bond acceptors (Lipinski definition) is 2. The maximum Gasteiger partial charge on any atom is 0.243 e. The molecule has 2 aromatic carbocycles. The van der Waals surface area contributed by atoms with Gasteiger partial charge in [-0.1, -0.05) is 24.3 Å². The van der Waals surface area contributed by atoms with Crippen LogP contribution < -0.4 is 0 Å². The summed E-state index contributed by atoms with van der Waals surface area (Å²) in [6.45, 7) is 0.579.